The molecule has 31 heavy (non-hydrogen) atoms. The number of rotatable bonds is 5. The van der Waals surface area contributed by atoms with Crippen molar-refractivity contribution in [3.05, 3.63) is 65.4 Å². The molecule has 1 aliphatic heterocycles. The van der Waals surface area contributed by atoms with Gasteiger partial charge in [0.15, 0.2) is 5.78 Å². The van der Waals surface area contributed by atoms with E-state index in [4.69, 9.17) is 9.72 Å². The van der Waals surface area contributed by atoms with Crippen molar-refractivity contribution < 1.29 is 14.3 Å². The summed E-state index contributed by atoms with van der Waals surface area (Å²) in [6, 6.07) is 12.7. The zero-order valence-electron chi connectivity index (χ0n) is 18.2. The van der Waals surface area contributed by atoms with Crippen LogP contribution >= 0.6 is 0 Å². The number of hydrogen-bond acceptors (Lipinski definition) is 6. The molecule has 6 heteroatoms. The monoisotopic (exact) mass is 417 g/mol. The van der Waals surface area contributed by atoms with Gasteiger partial charge >= 0.3 is 0 Å². The topological polar surface area (TPSA) is 72.4 Å². The van der Waals surface area contributed by atoms with Crippen LogP contribution in [0.2, 0.25) is 0 Å². The molecular weight excluding hydrogens is 390 g/mol. The molecule has 0 bridgehead atoms. The lowest BCUT2D eigenvalue weighted by Crippen LogP contribution is -2.36. The summed E-state index contributed by atoms with van der Waals surface area (Å²) in [6.07, 6.45) is 2.14. The number of ether oxygens (including phenoxy) is 1. The summed E-state index contributed by atoms with van der Waals surface area (Å²) in [6.45, 7) is 8.66. The summed E-state index contributed by atoms with van der Waals surface area (Å²) < 4.78 is 5.40. The van der Waals surface area contributed by atoms with Crippen LogP contribution in [-0.4, -0.2) is 47.8 Å². The van der Waals surface area contributed by atoms with Crippen molar-refractivity contribution in [3.8, 4) is 0 Å². The molecule has 0 N–H and O–H groups in total. The van der Waals surface area contributed by atoms with Crippen molar-refractivity contribution in [2.45, 2.75) is 27.2 Å². The van der Waals surface area contributed by atoms with Gasteiger partial charge in [-0.05, 0) is 23.8 Å². The first kappa shape index (κ1) is 21.1. The Morgan fingerprint density at radius 1 is 0.968 bits per heavy atom. The molecule has 1 aromatic heterocycles. The second kappa shape index (κ2) is 8.55. The summed E-state index contributed by atoms with van der Waals surface area (Å²) in [7, 11) is 0. The van der Waals surface area contributed by atoms with E-state index in [9.17, 15) is 9.59 Å². The van der Waals surface area contributed by atoms with Gasteiger partial charge in [0.25, 0.3) is 0 Å². The fraction of sp³-hybridized carbons (Fsp3) is 0.360. The van der Waals surface area contributed by atoms with Crippen LogP contribution in [0.1, 0.15) is 42.3 Å². The molecule has 4 rings (SSSR count). The largest absolute Gasteiger partial charge is 0.378 e. The lowest BCUT2D eigenvalue weighted by molar-refractivity contribution is -0.125. The van der Waals surface area contributed by atoms with Gasteiger partial charge in [-0.15, -0.1) is 0 Å². The Kier molecular flexibility index (Phi) is 5.83. The van der Waals surface area contributed by atoms with Crippen molar-refractivity contribution in [1.82, 2.24) is 9.97 Å². The first-order valence-electron chi connectivity index (χ1n) is 10.6. The number of aromatic nitrogens is 2. The molecule has 0 atom stereocenters. The Morgan fingerprint density at radius 3 is 2.32 bits per heavy atom. The number of anilines is 1. The lowest BCUT2D eigenvalue weighted by atomic mass is 9.87. The molecule has 0 unspecified atom stereocenters. The molecule has 160 valence electrons. The van der Waals surface area contributed by atoms with Crippen molar-refractivity contribution in [2.75, 3.05) is 31.2 Å². The summed E-state index contributed by atoms with van der Waals surface area (Å²) in [5.74, 6) is 0.901. The second-order valence-corrected chi connectivity index (χ2v) is 8.91. The first-order chi connectivity index (χ1) is 14.8. The third kappa shape index (κ3) is 4.80. The molecule has 2 aromatic carbocycles. The standard InChI is InChI=1S/C25H27N3O3/c1-25(2,3)22(29)14-17-4-6-18(7-5-17)24(30)19-8-9-20-21(15-19)27-23(16-26-20)28-10-12-31-13-11-28/h4-9,15-16H,10-14H2,1-3H3. The molecule has 0 aliphatic carbocycles. The smallest absolute Gasteiger partial charge is 0.193 e. The molecule has 0 radical (unpaired) electrons. The van der Waals surface area contributed by atoms with Crippen molar-refractivity contribution in [1.29, 1.82) is 0 Å². The van der Waals surface area contributed by atoms with E-state index in [1.54, 1.807) is 30.5 Å². The van der Waals surface area contributed by atoms with Crippen LogP contribution in [0.25, 0.3) is 11.0 Å². The Morgan fingerprint density at radius 2 is 1.65 bits per heavy atom. The van der Waals surface area contributed by atoms with Crippen LogP contribution in [0.5, 0.6) is 0 Å². The van der Waals surface area contributed by atoms with Crippen molar-refractivity contribution in [2.24, 2.45) is 5.41 Å². The van der Waals surface area contributed by atoms with Gasteiger partial charge in [0, 0.05) is 36.1 Å². The highest BCUT2D eigenvalue weighted by molar-refractivity contribution is 6.10. The van der Waals surface area contributed by atoms with Gasteiger partial charge < -0.3 is 9.64 Å². The molecule has 2 heterocycles. The van der Waals surface area contributed by atoms with E-state index >= 15 is 0 Å². The number of ketones is 2. The highest BCUT2D eigenvalue weighted by atomic mass is 16.5. The van der Waals surface area contributed by atoms with Crippen LogP contribution in [0.4, 0.5) is 5.82 Å². The molecule has 1 aliphatic rings. The molecule has 0 saturated carbocycles. The van der Waals surface area contributed by atoms with Crippen LogP contribution in [0.15, 0.2) is 48.7 Å². The summed E-state index contributed by atoms with van der Waals surface area (Å²) in [5, 5.41) is 0. The third-order valence-electron chi connectivity index (χ3n) is 5.54. The summed E-state index contributed by atoms with van der Waals surface area (Å²) >= 11 is 0. The van der Waals surface area contributed by atoms with Crippen LogP contribution < -0.4 is 4.90 Å². The van der Waals surface area contributed by atoms with Gasteiger partial charge in [-0.2, -0.15) is 0 Å². The first-order valence-corrected chi connectivity index (χ1v) is 10.6. The van der Waals surface area contributed by atoms with Gasteiger partial charge in [-0.1, -0.05) is 45.0 Å². The quantitative estimate of drug-likeness (QED) is 0.587. The van der Waals surface area contributed by atoms with Crippen LogP contribution in [0, 0.1) is 5.41 Å². The van der Waals surface area contributed by atoms with E-state index in [0.717, 1.165) is 30.0 Å². The number of carbonyl (C=O) groups is 2. The van der Waals surface area contributed by atoms with Crippen LogP contribution in [0.3, 0.4) is 0 Å². The van der Waals surface area contributed by atoms with Gasteiger partial charge in [-0.25, -0.2) is 4.98 Å². The van der Waals surface area contributed by atoms with E-state index in [1.165, 1.54) is 0 Å². The predicted octanol–water partition coefficient (Wildman–Crippen LogP) is 3.86. The van der Waals surface area contributed by atoms with Gasteiger partial charge in [0.1, 0.15) is 11.6 Å². The van der Waals surface area contributed by atoms with Crippen molar-refractivity contribution >= 4 is 28.4 Å². The van der Waals surface area contributed by atoms with E-state index < -0.39 is 0 Å². The normalized spacial score (nSPS) is 14.6. The Hall–Kier alpha value is -3.12. The average Bonchev–Trinajstić information content (AvgIpc) is 2.78. The minimum atomic E-state index is -0.374. The van der Waals surface area contributed by atoms with E-state index in [2.05, 4.69) is 9.88 Å². The number of Topliss-reactive ketones (excluding diaryl/α,β-unsaturated/α-hetero) is 1. The second-order valence-electron chi connectivity index (χ2n) is 8.91. The number of benzene rings is 2. The fourth-order valence-corrected chi connectivity index (χ4v) is 3.48. The Labute approximate surface area is 182 Å². The number of hydrogen-bond donors (Lipinski definition) is 0. The van der Waals surface area contributed by atoms with E-state index in [0.29, 0.717) is 36.3 Å². The van der Waals surface area contributed by atoms with Crippen LogP contribution in [-0.2, 0) is 16.0 Å². The molecule has 1 saturated heterocycles. The SMILES string of the molecule is CC(C)(C)C(=O)Cc1ccc(C(=O)c2ccc3ncc(N4CCOCC4)nc3c2)cc1. The van der Waals surface area contributed by atoms with Gasteiger partial charge in [0.2, 0.25) is 0 Å². The number of fused-ring (bicyclic) bond motifs is 1. The zero-order chi connectivity index (χ0) is 22.0. The average molecular weight is 418 g/mol. The predicted molar refractivity (Wildman–Crippen MR) is 121 cm³/mol. The Balaban J connectivity index is 1.54. The number of morpholine rings is 1. The van der Waals surface area contributed by atoms with Gasteiger partial charge in [0.05, 0.1) is 30.4 Å². The molecular formula is C25H27N3O3. The zero-order valence-corrected chi connectivity index (χ0v) is 18.2. The minimum Gasteiger partial charge on any atom is -0.378 e. The summed E-state index contributed by atoms with van der Waals surface area (Å²) in [4.78, 5) is 36.6. The molecule has 0 spiro atoms. The molecule has 1 fully saturated rings. The minimum absolute atomic E-state index is 0.0748. The van der Waals surface area contributed by atoms with E-state index in [1.807, 2.05) is 39.0 Å². The molecule has 0 amide bonds. The third-order valence-corrected chi connectivity index (χ3v) is 5.54. The lowest BCUT2D eigenvalue weighted by Gasteiger charge is -2.27. The maximum atomic E-state index is 13.0. The highest BCUT2D eigenvalue weighted by Gasteiger charge is 2.21. The number of nitrogens with zero attached hydrogens (tertiary/aromatic N) is 3. The maximum Gasteiger partial charge on any atom is 0.193 e. The highest BCUT2D eigenvalue weighted by Crippen LogP contribution is 2.21. The van der Waals surface area contributed by atoms with Crippen molar-refractivity contribution in [3.63, 3.8) is 0 Å². The fourth-order valence-electron chi connectivity index (χ4n) is 3.48. The number of carbonyl (C=O) groups excluding carboxylic acids is 2. The molecule has 6 nitrogen and oxygen atoms in total. The van der Waals surface area contributed by atoms with Gasteiger partial charge in [-0.3, -0.25) is 14.6 Å². The maximum absolute atomic E-state index is 13.0. The molecule has 3 aromatic rings. The Bertz CT molecular complexity index is 1110. The van der Waals surface area contributed by atoms with E-state index in [-0.39, 0.29) is 17.0 Å². The summed E-state index contributed by atoms with van der Waals surface area (Å²) in [5.41, 5.74) is 3.15.